The fourth-order valence-electron chi connectivity index (χ4n) is 1.33. The van der Waals surface area contributed by atoms with E-state index in [0.717, 1.165) is 12.1 Å². The minimum absolute atomic E-state index is 0.0402. The number of nitriles is 1. The molecule has 96 valence electrons. The third-order valence-electron chi connectivity index (χ3n) is 2.58. The van der Waals surface area contributed by atoms with E-state index in [1.807, 2.05) is 19.9 Å². The lowest BCUT2D eigenvalue weighted by Crippen LogP contribution is -2.32. The maximum atomic E-state index is 11.5. The normalized spacial score (nSPS) is 11.4. The SMILES string of the molecule is CCC(C)NC(=O)CCNc1ccc(C#N)nc1. The Morgan fingerprint density at radius 1 is 1.56 bits per heavy atom. The fraction of sp³-hybridized carbons (Fsp3) is 0.462. The lowest BCUT2D eigenvalue weighted by atomic mass is 10.2. The van der Waals surface area contributed by atoms with E-state index in [0.29, 0.717) is 18.7 Å². The van der Waals surface area contributed by atoms with Crippen LogP contribution in [0, 0.1) is 11.3 Å². The van der Waals surface area contributed by atoms with Crippen molar-refractivity contribution in [1.29, 1.82) is 5.26 Å². The Morgan fingerprint density at radius 2 is 2.33 bits per heavy atom. The Hall–Kier alpha value is -2.09. The highest BCUT2D eigenvalue weighted by Crippen LogP contribution is 2.05. The summed E-state index contributed by atoms with van der Waals surface area (Å²) in [5.41, 5.74) is 1.19. The first-order valence-electron chi connectivity index (χ1n) is 6.05. The molecule has 1 atom stereocenters. The predicted molar refractivity (Wildman–Crippen MR) is 70.0 cm³/mol. The summed E-state index contributed by atoms with van der Waals surface area (Å²) in [7, 11) is 0. The number of nitrogens with zero attached hydrogens (tertiary/aromatic N) is 2. The van der Waals surface area contributed by atoms with Crippen LogP contribution in [0.4, 0.5) is 5.69 Å². The summed E-state index contributed by atoms with van der Waals surface area (Å²) in [5, 5.41) is 14.6. The molecule has 0 fully saturated rings. The summed E-state index contributed by atoms with van der Waals surface area (Å²) >= 11 is 0. The maximum absolute atomic E-state index is 11.5. The van der Waals surface area contributed by atoms with Crippen molar-refractivity contribution in [2.75, 3.05) is 11.9 Å². The number of hydrogen-bond donors (Lipinski definition) is 2. The highest BCUT2D eigenvalue weighted by atomic mass is 16.1. The number of carbonyl (C=O) groups excluding carboxylic acids is 1. The van der Waals surface area contributed by atoms with Gasteiger partial charge in [0.2, 0.25) is 5.91 Å². The molecule has 1 aromatic rings. The topological polar surface area (TPSA) is 77.8 Å². The van der Waals surface area contributed by atoms with E-state index < -0.39 is 0 Å². The Balaban J connectivity index is 2.29. The monoisotopic (exact) mass is 246 g/mol. The first-order chi connectivity index (χ1) is 8.65. The molecule has 1 heterocycles. The second-order valence-electron chi connectivity index (χ2n) is 4.10. The van der Waals surface area contributed by atoms with Crippen molar-refractivity contribution in [3.05, 3.63) is 24.0 Å². The first-order valence-corrected chi connectivity index (χ1v) is 6.05. The summed E-state index contributed by atoms with van der Waals surface area (Å²) < 4.78 is 0. The van der Waals surface area contributed by atoms with Crippen LogP contribution in [-0.4, -0.2) is 23.5 Å². The number of nitrogens with one attached hydrogen (secondary N) is 2. The Bertz CT molecular complexity index is 422. The highest BCUT2D eigenvalue weighted by Gasteiger charge is 2.04. The number of hydrogen-bond acceptors (Lipinski definition) is 4. The van der Waals surface area contributed by atoms with Gasteiger partial charge in [-0.3, -0.25) is 4.79 Å². The smallest absolute Gasteiger partial charge is 0.221 e. The maximum Gasteiger partial charge on any atom is 0.221 e. The summed E-state index contributed by atoms with van der Waals surface area (Å²) in [6.45, 7) is 4.57. The average Bonchev–Trinajstić information content (AvgIpc) is 2.39. The van der Waals surface area contributed by atoms with Crippen LogP contribution in [0.2, 0.25) is 0 Å². The number of amides is 1. The largest absolute Gasteiger partial charge is 0.383 e. The van der Waals surface area contributed by atoms with Gasteiger partial charge in [0, 0.05) is 19.0 Å². The molecule has 1 amide bonds. The lowest BCUT2D eigenvalue weighted by molar-refractivity contribution is -0.121. The number of pyridine rings is 1. The van der Waals surface area contributed by atoms with Crippen molar-refractivity contribution in [1.82, 2.24) is 10.3 Å². The Labute approximate surface area is 107 Å². The summed E-state index contributed by atoms with van der Waals surface area (Å²) in [5.74, 6) is 0.0402. The summed E-state index contributed by atoms with van der Waals surface area (Å²) in [6.07, 6.45) is 2.94. The van der Waals surface area contributed by atoms with Crippen molar-refractivity contribution in [3.63, 3.8) is 0 Å². The van der Waals surface area contributed by atoms with Gasteiger partial charge in [0.1, 0.15) is 11.8 Å². The highest BCUT2D eigenvalue weighted by molar-refractivity contribution is 5.76. The van der Waals surface area contributed by atoms with Gasteiger partial charge >= 0.3 is 0 Å². The molecule has 2 N–H and O–H groups in total. The zero-order valence-electron chi connectivity index (χ0n) is 10.7. The van der Waals surface area contributed by atoms with E-state index in [2.05, 4.69) is 15.6 Å². The third-order valence-corrected chi connectivity index (χ3v) is 2.58. The van der Waals surface area contributed by atoms with Crippen molar-refractivity contribution in [3.8, 4) is 6.07 Å². The van der Waals surface area contributed by atoms with Crippen molar-refractivity contribution < 1.29 is 4.79 Å². The molecule has 0 aliphatic heterocycles. The van der Waals surface area contributed by atoms with Crippen LogP contribution in [0.1, 0.15) is 32.4 Å². The quantitative estimate of drug-likeness (QED) is 0.800. The molecule has 1 unspecified atom stereocenters. The van der Waals surface area contributed by atoms with Crippen LogP contribution in [0.3, 0.4) is 0 Å². The van der Waals surface area contributed by atoms with Gasteiger partial charge in [-0.25, -0.2) is 4.98 Å². The van der Waals surface area contributed by atoms with Gasteiger partial charge in [0.05, 0.1) is 11.9 Å². The number of carbonyl (C=O) groups is 1. The molecular formula is C13H18N4O. The summed E-state index contributed by atoms with van der Waals surface area (Å²) in [6, 6.07) is 5.59. The molecule has 0 radical (unpaired) electrons. The van der Waals surface area contributed by atoms with Crippen molar-refractivity contribution in [2.24, 2.45) is 0 Å². The minimum Gasteiger partial charge on any atom is -0.383 e. The van der Waals surface area contributed by atoms with E-state index in [4.69, 9.17) is 5.26 Å². The van der Waals surface area contributed by atoms with Gasteiger partial charge in [0.15, 0.2) is 0 Å². The first kappa shape index (κ1) is 14.0. The van der Waals surface area contributed by atoms with Crippen molar-refractivity contribution >= 4 is 11.6 Å². The number of anilines is 1. The Kier molecular flexibility index (Phi) is 5.65. The van der Waals surface area contributed by atoms with Crippen LogP contribution < -0.4 is 10.6 Å². The van der Waals surface area contributed by atoms with Crippen LogP contribution >= 0.6 is 0 Å². The average molecular weight is 246 g/mol. The molecule has 0 saturated carbocycles. The second kappa shape index (κ2) is 7.28. The third kappa shape index (κ3) is 4.83. The van der Waals surface area contributed by atoms with Gasteiger partial charge in [-0.2, -0.15) is 5.26 Å². The molecular weight excluding hydrogens is 228 g/mol. The fourth-order valence-corrected chi connectivity index (χ4v) is 1.33. The zero-order valence-corrected chi connectivity index (χ0v) is 10.7. The summed E-state index contributed by atoms with van der Waals surface area (Å²) in [4.78, 5) is 15.4. The molecule has 0 bridgehead atoms. The van der Waals surface area contributed by atoms with E-state index >= 15 is 0 Å². The molecule has 18 heavy (non-hydrogen) atoms. The van der Waals surface area contributed by atoms with Gasteiger partial charge in [-0.05, 0) is 25.5 Å². The van der Waals surface area contributed by atoms with Crippen LogP contribution in [-0.2, 0) is 4.79 Å². The van der Waals surface area contributed by atoms with Crippen molar-refractivity contribution in [2.45, 2.75) is 32.7 Å². The molecule has 0 aliphatic carbocycles. The van der Waals surface area contributed by atoms with Crippen LogP contribution in [0.5, 0.6) is 0 Å². The van der Waals surface area contributed by atoms with E-state index in [-0.39, 0.29) is 11.9 Å². The standard InChI is InChI=1S/C13H18N4O/c1-3-10(2)17-13(18)6-7-15-12-5-4-11(8-14)16-9-12/h4-5,9-10,15H,3,6-7H2,1-2H3,(H,17,18). The van der Waals surface area contributed by atoms with Gasteiger partial charge in [-0.1, -0.05) is 6.92 Å². The van der Waals surface area contributed by atoms with Gasteiger partial charge < -0.3 is 10.6 Å². The molecule has 0 saturated heterocycles. The molecule has 5 nitrogen and oxygen atoms in total. The molecule has 0 aliphatic rings. The molecule has 5 heteroatoms. The minimum atomic E-state index is 0.0402. The van der Waals surface area contributed by atoms with E-state index in [1.165, 1.54) is 0 Å². The lowest BCUT2D eigenvalue weighted by Gasteiger charge is -2.11. The van der Waals surface area contributed by atoms with Gasteiger partial charge in [-0.15, -0.1) is 0 Å². The molecule has 0 aromatic carbocycles. The predicted octanol–water partition coefficient (Wildman–Crippen LogP) is 1.67. The molecule has 1 aromatic heterocycles. The molecule has 0 spiro atoms. The zero-order chi connectivity index (χ0) is 13.4. The molecule has 1 rings (SSSR count). The van der Waals surface area contributed by atoms with E-state index in [9.17, 15) is 4.79 Å². The number of rotatable bonds is 6. The second-order valence-corrected chi connectivity index (χ2v) is 4.10. The van der Waals surface area contributed by atoms with Crippen LogP contribution in [0.15, 0.2) is 18.3 Å². The van der Waals surface area contributed by atoms with Gasteiger partial charge in [0.25, 0.3) is 0 Å². The Morgan fingerprint density at radius 3 is 2.89 bits per heavy atom. The number of aromatic nitrogens is 1. The van der Waals surface area contributed by atoms with Crippen LogP contribution in [0.25, 0.3) is 0 Å². The van der Waals surface area contributed by atoms with E-state index in [1.54, 1.807) is 18.3 Å².